The van der Waals surface area contributed by atoms with Crippen LogP contribution in [0, 0.1) is 5.82 Å². The topological polar surface area (TPSA) is 90.4 Å². The van der Waals surface area contributed by atoms with Crippen LogP contribution in [0.2, 0.25) is 0 Å². The van der Waals surface area contributed by atoms with Crippen molar-refractivity contribution in [3.63, 3.8) is 0 Å². The fourth-order valence-corrected chi connectivity index (χ4v) is 4.15. The van der Waals surface area contributed by atoms with Crippen LogP contribution in [0.25, 0.3) is 10.9 Å². The van der Waals surface area contributed by atoms with Crippen LogP contribution in [-0.4, -0.2) is 40.3 Å². The first-order chi connectivity index (χ1) is 14.0. The van der Waals surface area contributed by atoms with Gasteiger partial charge >= 0.3 is 5.97 Å². The number of aromatic amines is 1. The first kappa shape index (κ1) is 17.9. The van der Waals surface area contributed by atoms with E-state index in [1.54, 1.807) is 6.07 Å². The summed E-state index contributed by atoms with van der Waals surface area (Å²) >= 11 is 0. The molecule has 2 fully saturated rings. The van der Waals surface area contributed by atoms with Crippen LogP contribution in [-0.2, 0) is 0 Å². The maximum Gasteiger partial charge on any atom is 0.341 e. The molecular formula is C21H21FN4O3. The molecule has 3 N–H and O–H groups in total. The number of piperazine rings is 1. The highest BCUT2D eigenvalue weighted by Gasteiger charge is 2.29. The molecule has 1 aromatic carbocycles. The van der Waals surface area contributed by atoms with Gasteiger partial charge in [-0.1, -0.05) is 0 Å². The van der Waals surface area contributed by atoms with Gasteiger partial charge < -0.3 is 24.9 Å². The number of aromatic carboxylic acids is 1. The van der Waals surface area contributed by atoms with Gasteiger partial charge in [0.05, 0.1) is 17.2 Å². The second-order valence-corrected chi connectivity index (χ2v) is 7.73. The summed E-state index contributed by atoms with van der Waals surface area (Å²) in [6.07, 6.45) is 7.05. The van der Waals surface area contributed by atoms with Crippen LogP contribution in [0.4, 0.5) is 10.1 Å². The lowest BCUT2D eigenvalue weighted by Gasteiger charge is -2.35. The average Bonchev–Trinajstić information content (AvgIpc) is 3.41. The highest BCUT2D eigenvalue weighted by Crippen LogP contribution is 2.38. The summed E-state index contributed by atoms with van der Waals surface area (Å²) in [5.41, 5.74) is 1.19. The van der Waals surface area contributed by atoms with Gasteiger partial charge in [-0.2, -0.15) is 0 Å². The molecule has 2 aromatic heterocycles. The number of fused-ring (bicyclic) bond motifs is 1. The first-order valence-corrected chi connectivity index (χ1v) is 9.75. The number of carbonyl (C=O) groups is 1. The predicted molar refractivity (Wildman–Crippen MR) is 107 cm³/mol. The van der Waals surface area contributed by atoms with Crippen LogP contribution in [0.1, 0.15) is 40.8 Å². The van der Waals surface area contributed by atoms with E-state index in [2.05, 4.69) is 10.3 Å². The van der Waals surface area contributed by atoms with E-state index in [0.29, 0.717) is 30.8 Å². The number of H-pyrrole nitrogens is 1. The molecule has 3 heterocycles. The number of pyridine rings is 1. The number of hydrogen-bond donors (Lipinski definition) is 3. The summed E-state index contributed by atoms with van der Waals surface area (Å²) in [7, 11) is 0. The molecule has 0 radical (unpaired) electrons. The van der Waals surface area contributed by atoms with Gasteiger partial charge in [0.25, 0.3) is 0 Å². The lowest BCUT2D eigenvalue weighted by molar-refractivity contribution is 0.0695. The second kappa shape index (κ2) is 6.73. The third-order valence-electron chi connectivity index (χ3n) is 5.81. The molecule has 1 saturated carbocycles. The molecule has 7 nitrogen and oxygen atoms in total. The van der Waals surface area contributed by atoms with Gasteiger partial charge in [-0.15, -0.1) is 0 Å². The quantitative estimate of drug-likeness (QED) is 0.631. The minimum absolute atomic E-state index is 0.0742. The summed E-state index contributed by atoms with van der Waals surface area (Å²) in [5, 5.41) is 12.9. The summed E-state index contributed by atoms with van der Waals surface area (Å²) in [6.45, 7) is 1.95. The molecule has 1 aliphatic heterocycles. The lowest BCUT2D eigenvalue weighted by Crippen LogP contribution is -2.46. The lowest BCUT2D eigenvalue weighted by atomic mass is 10.1. The van der Waals surface area contributed by atoms with Gasteiger partial charge in [0.1, 0.15) is 11.4 Å². The minimum Gasteiger partial charge on any atom is -0.477 e. The van der Waals surface area contributed by atoms with Crippen LogP contribution >= 0.6 is 0 Å². The monoisotopic (exact) mass is 396 g/mol. The highest BCUT2D eigenvalue weighted by atomic mass is 19.1. The average molecular weight is 396 g/mol. The predicted octanol–water partition coefficient (Wildman–Crippen LogP) is 2.65. The molecule has 150 valence electrons. The Kier molecular flexibility index (Phi) is 4.16. The number of rotatable bonds is 4. The van der Waals surface area contributed by atoms with Crippen LogP contribution in [0.15, 0.2) is 41.6 Å². The smallest absolute Gasteiger partial charge is 0.341 e. The number of nitrogens with zero attached hydrogens (tertiary/aromatic N) is 2. The maximum atomic E-state index is 15.1. The molecule has 1 atom stereocenters. The van der Waals surface area contributed by atoms with Crippen molar-refractivity contribution in [1.29, 1.82) is 0 Å². The Bertz CT molecular complexity index is 1150. The van der Waals surface area contributed by atoms with Gasteiger partial charge in [0.2, 0.25) is 5.43 Å². The van der Waals surface area contributed by atoms with Crippen molar-refractivity contribution in [3.8, 4) is 0 Å². The number of aromatic nitrogens is 2. The Morgan fingerprint density at radius 3 is 2.79 bits per heavy atom. The van der Waals surface area contributed by atoms with E-state index in [-0.39, 0.29) is 23.0 Å². The largest absolute Gasteiger partial charge is 0.477 e. The van der Waals surface area contributed by atoms with Crippen molar-refractivity contribution in [1.82, 2.24) is 14.9 Å². The Labute approximate surface area is 165 Å². The van der Waals surface area contributed by atoms with Gasteiger partial charge in [0.15, 0.2) is 0 Å². The van der Waals surface area contributed by atoms with Crippen LogP contribution < -0.4 is 15.6 Å². The zero-order chi connectivity index (χ0) is 20.1. The van der Waals surface area contributed by atoms with Crippen molar-refractivity contribution < 1.29 is 14.3 Å². The molecule has 1 saturated heterocycles. The number of hydrogen-bond acceptors (Lipinski definition) is 4. The van der Waals surface area contributed by atoms with E-state index in [1.807, 2.05) is 27.9 Å². The Balaban J connectivity index is 1.61. The highest BCUT2D eigenvalue weighted by molar-refractivity contribution is 5.93. The number of carboxylic acids is 1. The number of halogens is 1. The van der Waals surface area contributed by atoms with Crippen molar-refractivity contribution in [2.75, 3.05) is 24.5 Å². The minimum atomic E-state index is -1.28. The third-order valence-corrected chi connectivity index (χ3v) is 5.81. The molecule has 0 amide bonds. The first-order valence-electron chi connectivity index (χ1n) is 9.75. The molecule has 8 heteroatoms. The fraction of sp³-hybridized carbons (Fsp3) is 0.333. The SMILES string of the molecule is O=C(O)c1cn(C2CC2)c2cc(N3CCNC(c4cc[nH]c4)C3)c(F)cc2c1=O. The molecule has 3 aromatic rings. The fourth-order valence-electron chi connectivity index (χ4n) is 4.15. The number of nitrogens with one attached hydrogen (secondary N) is 2. The molecule has 0 spiro atoms. The van der Waals surface area contributed by atoms with E-state index in [1.165, 1.54) is 12.3 Å². The molecule has 5 rings (SSSR count). The zero-order valence-corrected chi connectivity index (χ0v) is 15.7. The molecule has 2 aliphatic rings. The van der Waals surface area contributed by atoms with E-state index in [9.17, 15) is 14.7 Å². The van der Waals surface area contributed by atoms with Crippen molar-refractivity contribution in [2.45, 2.75) is 24.9 Å². The van der Waals surface area contributed by atoms with Crippen LogP contribution in [0.5, 0.6) is 0 Å². The van der Waals surface area contributed by atoms with Crippen molar-refractivity contribution in [3.05, 3.63) is 64.0 Å². The summed E-state index contributed by atoms with van der Waals surface area (Å²) < 4.78 is 16.9. The second-order valence-electron chi connectivity index (χ2n) is 7.73. The van der Waals surface area contributed by atoms with E-state index >= 15 is 4.39 Å². The Morgan fingerprint density at radius 1 is 1.28 bits per heavy atom. The van der Waals surface area contributed by atoms with Gasteiger partial charge in [0, 0.05) is 49.7 Å². The molecular weight excluding hydrogens is 375 g/mol. The summed E-state index contributed by atoms with van der Waals surface area (Å²) in [4.78, 5) is 29.1. The van der Waals surface area contributed by atoms with E-state index < -0.39 is 17.2 Å². The van der Waals surface area contributed by atoms with Gasteiger partial charge in [-0.05, 0) is 36.6 Å². The number of carboxylic acid groups (broad SMARTS) is 1. The normalized spacial score (nSPS) is 19.6. The summed E-state index contributed by atoms with van der Waals surface area (Å²) in [6, 6.07) is 5.13. The van der Waals surface area contributed by atoms with Crippen molar-refractivity contribution in [2.24, 2.45) is 0 Å². The van der Waals surface area contributed by atoms with E-state index in [0.717, 1.165) is 18.4 Å². The zero-order valence-electron chi connectivity index (χ0n) is 15.7. The van der Waals surface area contributed by atoms with Gasteiger partial charge in [-0.3, -0.25) is 4.79 Å². The Hall–Kier alpha value is -3.13. The maximum absolute atomic E-state index is 15.1. The third kappa shape index (κ3) is 3.09. The van der Waals surface area contributed by atoms with E-state index in [4.69, 9.17) is 0 Å². The van der Waals surface area contributed by atoms with Crippen LogP contribution in [0.3, 0.4) is 0 Å². The molecule has 1 aliphatic carbocycles. The van der Waals surface area contributed by atoms with Crippen molar-refractivity contribution >= 4 is 22.6 Å². The summed E-state index contributed by atoms with van der Waals surface area (Å²) in [5.74, 6) is -1.79. The number of benzene rings is 1. The Morgan fingerprint density at radius 2 is 2.10 bits per heavy atom. The van der Waals surface area contributed by atoms with Gasteiger partial charge in [-0.25, -0.2) is 9.18 Å². The standard InChI is InChI=1S/C21H21FN4O3/c22-16-7-14-18(26(13-1-2-13)10-15(20(14)27)21(28)29)8-19(16)25-6-5-24-17(11-25)12-3-4-23-9-12/h3-4,7-10,13,17,23-24H,1-2,5-6,11H2,(H,28,29). The molecule has 0 bridgehead atoms. The molecule has 29 heavy (non-hydrogen) atoms. The number of anilines is 1. The molecule has 1 unspecified atom stereocenters.